The third-order valence-electron chi connectivity index (χ3n) is 3.55. The molecule has 0 N–H and O–H groups in total. The van der Waals surface area contributed by atoms with Gasteiger partial charge in [0.2, 0.25) is 0 Å². The van der Waals surface area contributed by atoms with Crippen molar-refractivity contribution in [1.82, 2.24) is 19.9 Å². The highest BCUT2D eigenvalue weighted by atomic mass is 35.5. The number of benzene rings is 1. The molecule has 1 aromatic carbocycles. The second-order valence-corrected chi connectivity index (χ2v) is 5.88. The third kappa shape index (κ3) is 4.19. The van der Waals surface area contributed by atoms with E-state index in [0.717, 1.165) is 5.56 Å². The van der Waals surface area contributed by atoms with Gasteiger partial charge in [-0.05, 0) is 12.5 Å². The van der Waals surface area contributed by atoms with E-state index in [4.69, 9.17) is 16.1 Å². The zero-order valence-corrected chi connectivity index (χ0v) is 14.0. The molecule has 9 heteroatoms. The number of hydrogen-bond acceptors (Lipinski definition) is 4. The summed E-state index contributed by atoms with van der Waals surface area (Å²) >= 11 is 6.37. The molecule has 0 saturated heterocycles. The summed E-state index contributed by atoms with van der Waals surface area (Å²) in [4.78, 5) is 4.01. The number of aryl methyl sites for hydroxylation is 2. The first-order valence-corrected chi connectivity index (χ1v) is 7.88. The maximum Gasteiger partial charge on any atom is 0.389 e. The molecule has 0 fully saturated rings. The number of alkyl halides is 3. The standard InChI is InChI=1S/C16H14ClF3N4O/c1-10-13(15-21-12(23-25-15)7-8-16(18,19)20)14(17)24(22-10)9-11-5-3-2-4-6-11/h2-6H,7-9H2,1H3. The molecule has 0 atom stereocenters. The van der Waals surface area contributed by atoms with E-state index in [1.54, 1.807) is 11.6 Å². The van der Waals surface area contributed by atoms with Gasteiger partial charge >= 0.3 is 6.18 Å². The van der Waals surface area contributed by atoms with Crippen LogP contribution in [0.25, 0.3) is 11.5 Å². The summed E-state index contributed by atoms with van der Waals surface area (Å²) in [7, 11) is 0. The van der Waals surface area contributed by atoms with Gasteiger partial charge in [-0.1, -0.05) is 47.1 Å². The number of halogens is 4. The monoisotopic (exact) mass is 370 g/mol. The predicted molar refractivity (Wildman–Crippen MR) is 85.2 cm³/mol. The highest BCUT2D eigenvalue weighted by Crippen LogP contribution is 2.31. The molecule has 0 amide bonds. The van der Waals surface area contributed by atoms with Crippen LogP contribution in [0.1, 0.15) is 23.5 Å². The van der Waals surface area contributed by atoms with Crippen LogP contribution < -0.4 is 0 Å². The summed E-state index contributed by atoms with van der Waals surface area (Å²) in [5.74, 6) is 0.0533. The lowest BCUT2D eigenvalue weighted by Crippen LogP contribution is -2.09. The second-order valence-electron chi connectivity index (χ2n) is 5.53. The van der Waals surface area contributed by atoms with Crippen LogP contribution >= 0.6 is 11.6 Å². The van der Waals surface area contributed by atoms with Crippen LogP contribution in [0.15, 0.2) is 34.9 Å². The molecule has 2 aromatic heterocycles. The second kappa shape index (κ2) is 6.87. The molecule has 0 saturated carbocycles. The van der Waals surface area contributed by atoms with E-state index in [1.165, 1.54) is 0 Å². The van der Waals surface area contributed by atoms with Crippen molar-refractivity contribution in [3.8, 4) is 11.5 Å². The lowest BCUT2D eigenvalue weighted by Gasteiger charge is -2.03. The Morgan fingerprint density at radius 2 is 1.92 bits per heavy atom. The van der Waals surface area contributed by atoms with Gasteiger partial charge in [-0.2, -0.15) is 23.3 Å². The van der Waals surface area contributed by atoms with Crippen molar-refractivity contribution in [3.63, 3.8) is 0 Å². The van der Waals surface area contributed by atoms with Crippen molar-refractivity contribution >= 4 is 11.6 Å². The summed E-state index contributed by atoms with van der Waals surface area (Å²) in [6, 6.07) is 9.60. The van der Waals surface area contributed by atoms with Gasteiger partial charge in [0, 0.05) is 6.42 Å². The SMILES string of the molecule is Cc1nn(Cc2ccccc2)c(Cl)c1-c1nc(CCC(F)(F)F)no1. The topological polar surface area (TPSA) is 56.7 Å². The molecule has 0 aliphatic carbocycles. The first-order chi connectivity index (χ1) is 11.8. The van der Waals surface area contributed by atoms with Gasteiger partial charge in [0.25, 0.3) is 5.89 Å². The fourth-order valence-corrected chi connectivity index (χ4v) is 2.68. The van der Waals surface area contributed by atoms with Crippen LogP contribution in [0.4, 0.5) is 13.2 Å². The van der Waals surface area contributed by atoms with E-state index in [9.17, 15) is 13.2 Å². The molecule has 2 heterocycles. The van der Waals surface area contributed by atoms with Crippen molar-refractivity contribution in [2.45, 2.75) is 32.5 Å². The van der Waals surface area contributed by atoms with E-state index in [0.29, 0.717) is 23.0 Å². The molecule has 25 heavy (non-hydrogen) atoms. The smallest absolute Gasteiger partial charge is 0.334 e. The van der Waals surface area contributed by atoms with Crippen molar-refractivity contribution in [2.75, 3.05) is 0 Å². The Labute approximate surface area is 146 Å². The van der Waals surface area contributed by atoms with Crippen molar-refractivity contribution in [2.24, 2.45) is 0 Å². The molecule has 0 aliphatic heterocycles. The maximum absolute atomic E-state index is 12.3. The number of nitrogens with zero attached hydrogens (tertiary/aromatic N) is 4. The Morgan fingerprint density at radius 3 is 2.60 bits per heavy atom. The van der Waals surface area contributed by atoms with Crippen LogP contribution in [-0.4, -0.2) is 26.1 Å². The van der Waals surface area contributed by atoms with Gasteiger partial charge in [0.05, 0.1) is 24.2 Å². The fourth-order valence-electron chi connectivity index (χ4n) is 2.37. The average molecular weight is 371 g/mol. The molecule has 0 radical (unpaired) electrons. The number of aromatic nitrogens is 4. The Kier molecular flexibility index (Phi) is 4.80. The minimum atomic E-state index is -4.27. The van der Waals surface area contributed by atoms with E-state index in [-0.39, 0.29) is 18.1 Å². The van der Waals surface area contributed by atoms with Gasteiger partial charge < -0.3 is 4.52 Å². The van der Waals surface area contributed by atoms with Gasteiger partial charge in [-0.25, -0.2) is 4.68 Å². The quantitative estimate of drug-likeness (QED) is 0.666. The Hall–Kier alpha value is -2.35. The van der Waals surface area contributed by atoms with Crippen molar-refractivity contribution in [1.29, 1.82) is 0 Å². The average Bonchev–Trinajstić information content (AvgIpc) is 3.11. The first-order valence-electron chi connectivity index (χ1n) is 7.50. The number of rotatable bonds is 5. The molecule has 3 rings (SSSR count). The molecule has 0 unspecified atom stereocenters. The molecular formula is C16H14ClF3N4O. The summed E-state index contributed by atoms with van der Waals surface area (Å²) in [5.41, 5.74) is 2.00. The molecule has 0 bridgehead atoms. The van der Waals surface area contributed by atoms with Gasteiger partial charge in [-0.15, -0.1) is 0 Å². The summed E-state index contributed by atoms with van der Waals surface area (Å²) in [5, 5.41) is 8.24. The van der Waals surface area contributed by atoms with Gasteiger partial charge in [0.15, 0.2) is 5.82 Å². The van der Waals surface area contributed by atoms with Crippen molar-refractivity contribution < 1.29 is 17.7 Å². The van der Waals surface area contributed by atoms with Crippen LogP contribution in [0, 0.1) is 6.92 Å². The Balaban J connectivity index is 1.82. The number of hydrogen-bond donors (Lipinski definition) is 0. The molecule has 5 nitrogen and oxygen atoms in total. The Bertz CT molecular complexity index is 858. The molecule has 0 aliphatic rings. The normalized spacial score (nSPS) is 11.9. The molecule has 132 valence electrons. The van der Waals surface area contributed by atoms with Gasteiger partial charge in [-0.3, -0.25) is 0 Å². The Morgan fingerprint density at radius 1 is 1.20 bits per heavy atom. The highest BCUT2D eigenvalue weighted by molar-refractivity contribution is 6.32. The molecule has 0 spiro atoms. The van der Waals surface area contributed by atoms with Crippen LogP contribution in [0.3, 0.4) is 0 Å². The van der Waals surface area contributed by atoms with Crippen LogP contribution in [-0.2, 0) is 13.0 Å². The van der Waals surface area contributed by atoms with E-state index in [1.807, 2.05) is 30.3 Å². The lowest BCUT2D eigenvalue weighted by atomic mass is 10.2. The predicted octanol–water partition coefficient (Wildman–Crippen LogP) is 4.44. The summed E-state index contributed by atoms with van der Waals surface area (Å²) < 4.78 is 43.5. The van der Waals surface area contributed by atoms with E-state index < -0.39 is 12.6 Å². The van der Waals surface area contributed by atoms with Gasteiger partial charge in [0.1, 0.15) is 5.15 Å². The fraction of sp³-hybridized carbons (Fsp3) is 0.312. The maximum atomic E-state index is 12.3. The third-order valence-corrected chi connectivity index (χ3v) is 3.94. The van der Waals surface area contributed by atoms with E-state index in [2.05, 4.69) is 15.2 Å². The minimum absolute atomic E-state index is 0.0152. The van der Waals surface area contributed by atoms with Crippen LogP contribution in [0.2, 0.25) is 5.15 Å². The minimum Gasteiger partial charge on any atom is -0.334 e. The largest absolute Gasteiger partial charge is 0.389 e. The highest BCUT2D eigenvalue weighted by Gasteiger charge is 2.28. The summed E-state index contributed by atoms with van der Waals surface area (Å²) in [6.07, 6.45) is -5.62. The summed E-state index contributed by atoms with van der Waals surface area (Å²) in [6.45, 7) is 2.18. The molecule has 3 aromatic rings. The zero-order valence-electron chi connectivity index (χ0n) is 13.2. The van der Waals surface area contributed by atoms with Crippen LogP contribution in [0.5, 0.6) is 0 Å². The molecular weight excluding hydrogens is 357 g/mol. The lowest BCUT2D eigenvalue weighted by molar-refractivity contribution is -0.134. The first kappa shape index (κ1) is 17.5. The van der Waals surface area contributed by atoms with Crippen molar-refractivity contribution in [3.05, 3.63) is 52.6 Å². The van der Waals surface area contributed by atoms with E-state index >= 15 is 0 Å². The zero-order chi connectivity index (χ0) is 18.0.